The molecule has 1 saturated carbocycles. The van der Waals surface area contributed by atoms with E-state index in [-0.39, 0.29) is 23.2 Å². The van der Waals surface area contributed by atoms with Crippen molar-refractivity contribution in [2.75, 3.05) is 11.4 Å². The number of imide groups is 2. The lowest BCUT2D eigenvalue weighted by Gasteiger charge is -2.50. The average molecular weight is 685 g/mol. The van der Waals surface area contributed by atoms with Crippen LogP contribution in [0, 0.1) is 23.6 Å². The van der Waals surface area contributed by atoms with Gasteiger partial charge in [-0.15, -0.1) is 36.4 Å². The third kappa shape index (κ3) is 4.63. The van der Waals surface area contributed by atoms with Crippen LogP contribution in [0.5, 0.6) is 11.5 Å². The Morgan fingerprint density at radius 3 is 2.30 bits per heavy atom. The van der Waals surface area contributed by atoms with E-state index in [0.717, 1.165) is 47.4 Å². The number of carbonyl (C=O) groups is 5. The SMILES string of the molecule is O=C(O)CCN1C(=O)C2CC=C3C(CC4(Cl)C(=O)N(c5ccc(F)cc5)C(=O)C4(Cl)C3c3cc(OC(F)(F)F)ccc3O)C2C1=O. The van der Waals surface area contributed by atoms with Gasteiger partial charge in [0.2, 0.25) is 11.8 Å². The van der Waals surface area contributed by atoms with Crippen LogP contribution >= 0.6 is 23.2 Å². The van der Waals surface area contributed by atoms with Crippen molar-refractivity contribution in [2.24, 2.45) is 17.8 Å². The largest absolute Gasteiger partial charge is 0.573 e. The lowest BCUT2D eigenvalue weighted by Crippen LogP contribution is -2.60. The number of phenolic OH excluding ortho intramolecular Hbond substituents is 1. The van der Waals surface area contributed by atoms with Crippen LogP contribution in [0.25, 0.3) is 0 Å². The first-order valence-corrected chi connectivity index (χ1v) is 14.6. The zero-order valence-electron chi connectivity index (χ0n) is 23.3. The van der Waals surface area contributed by atoms with E-state index < -0.39 is 106 Å². The van der Waals surface area contributed by atoms with Crippen molar-refractivity contribution in [3.63, 3.8) is 0 Å². The maximum atomic E-state index is 14.3. The predicted molar refractivity (Wildman–Crippen MR) is 150 cm³/mol. The van der Waals surface area contributed by atoms with Crippen LogP contribution in [0.4, 0.5) is 23.2 Å². The highest BCUT2D eigenvalue weighted by Gasteiger charge is 2.77. The summed E-state index contributed by atoms with van der Waals surface area (Å²) in [7, 11) is 0. The number of benzene rings is 2. The van der Waals surface area contributed by atoms with Gasteiger partial charge < -0.3 is 14.9 Å². The fourth-order valence-corrected chi connectivity index (χ4v) is 8.12. The number of ether oxygens (including phenoxy) is 1. The normalized spacial score (nSPS) is 30.6. The number of carboxylic acid groups (broad SMARTS) is 1. The minimum absolute atomic E-state index is 0.104. The number of hydrogen-bond donors (Lipinski definition) is 2. The van der Waals surface area contributed by atoms with Gasteiger partial charge in [-0.1, -0.05) is 11.6 Å². The van der Waals surface area contributed by atoms with Gasteiger partial charge in [-0.05, 0) is 61.2 Å². The van der Waals surface area contributed by atoms with E-state index in [9.17, 15) is 46.6 Å². The smallest absolute Gasteiger partial charge is 0.508 e. The monoisotopic (exact) mass is 684 g/mol. The van der Waals surface area contributed by atoms with Gasteiger partial charge in [0.1, 0.15) is 17.3 Å². The molecule has 2 aliphatic carbocycles. The Hall–Kier alpha value is -4.17. The summed E-state index contributed by atoms with van der Waals surface area (Å²) in [5.41, 5.74) is -0.335. The van der Waals surface area contributed by atoms with Crippen molar-refractivity contribution in [2.45, 2.75) is 41.3 Å². The Morgan fingerprint density at radius 2 is 1.67 bits per heavy atom. The van der Waals surface area contributed by atoms with Crippen LogP contribution in [0.2, 0.25) is 0 Å². The number of anilines is 1. The minimum atomic E-state index is -5.15. The third-order valence-corrected chi connectivity index (χ3v) is 10.5. The van der Waals surface area contributed by atoms with E-state index in [1.54, 1.807) is 0 Å². The predicted octanol–water partition coefficient (Wildman–Crippen LogP) is 4.47. The lowest BCUT2D eigenvalue weighted by molar-refractivity contribution is -0.274. The molecule has 3 fully saturated rings. The summed E-state index contributed by atoms with van der Waals surface area (Å²) >= 11 is 14.3. The van der Waals surface area contributed by atoms with Crippen molar-refractivity contribution < 1.29 is 56.5 Å². The molecule has 2 aromatic rings. The first-order chi connectivity index (χ1) is 21.5. The molecular formula is C30H22Cl2F4N2O8. The van der Waals surface area contributed by atoms with E-state index in [2.05, 4.69) is 4.74 Å². The Bertz CT molecular complexity index is 1730. The minimum Gasteiger partial charge on any atom is -0.508 e. The fourth-order valence-electron chi connectivity index (χ4n) is 7.20. The number of aliphatic carboxylic acids is 1. The number of carboxylic acids is 1. The van der Waals surface area contributed by atoms with E-state index in [0.29, 0.717) is 4.90 Å². The molecule has 2 N–H and O–H groups in total. The van der Waals surface area contributed by atoms with Crippen molar-refractivity contribution in [1.82, 2.24) is 4.90 Å². The third-order valence-electron chi connectivity index (χ3n) is 9.08. The Morgan fingerprint density at radius 1 is 1.00 bits per heavy atom. The highest BCUT2D eigenvalue weighted by molar-refractivity contribution is 6.58. The summed E-state index contributed by atoms with van der Waals surface area (Å²) in [5, 5.41) is 20.1. The lowest BCUT2D eigenvalue weighted by atomic mass is 9.56. The van der Waals surface area contributed by atoms with Crippen LogP contribution < -0.4 is 9.64 Å². The molecule has 46 heavy (non-hydrogen) atoms. The fraction of sp³-hybridized carbons (Fsp3) is 0.367. The van der Waals surface area contributed by atoms with E-state index in [4.69, 9.17) is 28.3 Å². The van der Waals surface area contributed by atoms with Crippen molar-refractivity contribution in [1.29, 1.82) is 0 Å². The Balaban J connectivity index is 1.54. The number of rotatable bonds is 6. The molecule has 10 nitrogen and oxygen atoms in total. The van der Waals surface area contributed by atoms with E-state index in [1.165, 1.54) is 6.08 Å². The van der Waals surface area contributed by atoms with Gasteiger partial charge in [-0.3, -0.25) is 28.9 Å². The molecule has 6 rings (SSSR count). The van der Waals surface area contributed by atoms with Crippen molar-refractivity contribution in [3.8, 4) is 11.5 Å². The molecule has 242 valence electrons. The molecule has 2 aromatic carbocycles. The second kappa shape index (κ2) is 10.7. The topological polar surface area (TPSA) is 142 Å². The zero-order valence-corrected chi connectivity index (χ0v) is 24.8. The van der Waals surface area contributed by atoms with Crippen molar-refractivity contribution in [3.05, 3.63) is 65.5 Å². The quantitative estimate of drug-likeness (QED) is 0.197. The average Bonchev–Trinajstić information content (AvgIpc) is 3.30. The molecule has 0 radical (unpaired) electrons. The first kappa shape index (κ1) is 31.8. The highest BCUT2D eigenvalue weighted by Crippen LogP contribution is 2.66. The molecule has 2 aliphatic heterocycles. The summed E-state index contributed by atoms with van der Waals surface area (Å²) in [6.07, 6.45) is -4.79. The summed E-state index contributed by atoms with van der Waals surface area (Å²) in [5.74, 6) is -11.9. The van der Waals surface area contributed by atoms with Crippen LogP contribution in [0.1, 0.15) is 30.7 Å². The van der Waals surface area contributed by atoms with Crippen LogP contribution in [0.15, 0.2) is 54.1 Å². The number of amides is 4. The number of aromatic hydroxyl groups is 1. The number of fused-ring (bicyclic) bond motifs is 4. The molecule has 6 unspecified atom stereocenters. The number of allylic oxidation sites excluding steroid dienone is 2. The van der Waals surface area contributed by atoms with Crippen LogP contribution in [-0.4, -0.2) is 67.4 Å². The number of likely N-dealkylation sites (tertiary alicyclic amines) is 1. The molecule has 4 amide bonds. The highest BCUT2D eigenvalue weighted by atomic mass is 35.5. The number of hydrogen-bond acceptors (Lipinski definition) is 7. The molecule has 0 spiro atoms. The molecule has 6 atom stereocenters. The molecule has 0 bridgehead atoms. The summed E-state index contributed by atoms with van der Waals surface area (Å²) < 4.78 is 57.4. The number of halogens is 6. The molecule has 4 aliphatic rings. The van der Waals surface area contributed by atoms with E-state index in [1.807, 2.05) is 0 Å². The number of nitrogens with zero attached hydrogens (tertiary/aromatic N) is 2. The first-order valence-electron chi connectivity index (χ1n) is 13.9. The molecule has 0 aromatic heterocycles. The van der Waals surface area contributed by atoms with Gasteiger partial charge >= 0.3 is 12.3 Å². The van der Waals surface area contributed by atoms with Crippen LogP contribution in [-0.2, 0) is 24.0 Å². The van der Waals surface area contributed by atoms with Crippen molar-refractivity contribution >= 4 is 58.5 Å². The van der Waals surface area contributed by atoms with Gasteiger partial charge in [-0.25, -0.2) is 9.29 Å². The second-order valence-electron chi connectivity index (χ2n) is 11.5. The van der Waals surface area contributed by atoms with E-state index >= 15 is 0 Å². The maximum Gasteiger partial charge on any atom is 0.573 e. The standard InChI is InChI=1S/C30H22Cl2F4N2O8/c31-28-12-19-16(6-7-17-22(19)25(43)37(24(17)42)10-9-21(40)41)23(18-11-15(5-8-20(18)39)46-30(34,35)36)29(28,32)27(45)38(26(28)44)14-3-1-13(33)2-4-14/h1-6,8,11,17,19,22-23,39H,7,9-10,12H2,(H,40,41). The summed E-state index contributed by atoms with van der Waals surface area (Å²) in [6.45, 7) is -0.426. The number of carbonyl (C=O) groups excluding carboxylic acids is 4. The molecule has 2 saturated heterocycles. The Labute approximate surface area is 267 Å². The maximum absolute atomic E-state index is 14.3. The number of phenols is 1. The van der Waals surface area contributed by atoms with Crippen LogP contribution in [0.3, 0.4) is 0 Å². The molecule has 2 heterocycles. The zero-order chi connectivity index (χ0) is 33.5. The second-order valence-corrected chi connectivity index (χ2v) is 12.7. The Kier molecular flexibility index (Phi) is 7.39. The van der Waals surface area contributed by atoms with Gasteiger partial charge in [0.05, 0.1) is 23.9 Å². The number of alkyl halides is 5. The van der Waals surface area contributed by atoms with Gasteiger partial charge in [-0.2, -0.15) is 0 Å². The molecular weight excluding hydrogens is 663 g/mol. The van der Waals surface area contributed by atoms with Gasteiger partial charge in [0.15, 0.2) is 9.75 Å². The van der Waals surface area contributed by atoms with Gasteiger partial charge in [0, 0.05) is 18.0 Å². The summed E-state index contributed by atoms with van der Waals surface area (Å²) in [4.78, 5) is 63.1. The van der Waals surface area contributed by atoms with Gasteiger partial charge in [0.25, 0.3) is 11.8 Å². The molecule has 16 heteroatoms. The summed E-state index contributed by atoms with van der Waals surface area (Å²) in [6, 6.07) is 6.68.